The van der Waals surface area contributed by atoms with Crippen LogP contribution in [0.3, 0.4) is 0 Å². The van der Waals surface area contributed by atoms with Crippen LogP contribution in [0.4, 0.5) is 11.4 Å². The third-order valence-electron chi connectivity index (χ3n) is 11.7. The number of anilines is 2. The minimum atomic E-state index is -1.02. The van der Waals surface area contributed by atoms with Gasteiger partial charge in [0.1, 0.15) is 37.5 Å². The van der Waals surface area contributed by atoms with Crippen LogP contribution in [0.25, 0.3) is 33.4 Å². The summed E-state index contributed by atoms with van der Waals surface area (Å²) in [6.07, 6.45) is 6.64. The van der Waals surface area contributed by atoms with E-state index < -0.39 is 5.97 Å². The Hall–Kier alpha value is -4.65. The fourth-order valence-corrected chi connectivity index (χ4v) is 8.27. The number of benzene rings is 3. The van der Waals surface area contributed by atoms with E-state index >= 15 is 0 Å². The molecule has 3 aliphatic rings. The molecule has 0 amide bonds. The maximum atomic E-state index is 12.9. The van der Waals surface area contributed by atoms with E-state index in [1.165, 1.54) is 19.3 Å². The number of aromatic carboxylic acids is 1. The summed E-state index contributed by atoms with van der Waals surface area (Å²) in [5.74, 6) is -0.316. The van der Waals surface area contributed by atoms with Crippen molar-refractivity contribution in [2.24, 2.45) is 9.98 Å². The number of unbranched alkanes of at least 4 members (excludes halogenated alkanes) is 3. The number of carbonyl (C=O) groups is 1. The Morgan fingerprint density at radius 3 is 2.32 bits per heavy atom. The summed E-state index contributed by atoms with van der Waals surface area (Å²) >= 11 is 5.66. The van der Waals surface area contributed by atoms with Crippen molar-refractivity contribution in [1.82, 2.24) is 9.89 Å². The van der Waals surface area contributed by atoms with Crippen LogP contribution in [0.5, 0.6) is 0 Å². The molecular formula is C47H69N8O4S+3. The minimum Gasteiger partial charge on any atom is -0.478 e. The van der Waals surface area contributed by atoms with Crippen molar-refractivity contribution in [3.63, 3.8) is 0 Å². The number of likely N-dealkylation sites (N-methyl/N-ethyl adjacent to an activating group) is 1. The predicted molar refractivity (Wildman–Crippen MR) is 251 cm³/mol. The molecule has 0 saturated carbocycles. The van der Waals surface area contributed by atoms with Crippen molar-refractivity contribution in [2.75, 3.05) is 117 Å². The highest BCUT2D eigenvalue weighted by atomic mass is 32.1. The molecule has 1 aliphatic carbocycles. The number of ether oxygens (including phenoxy) is 1. The Balaban J connectivity index is 1.10. The fourth-order valence-electron chi connectivity index (χ4n) is 8.05. The van der Waals surface area contributed by atoms with Gasteiger partial charge in [-0.1, -0.05) is 12.5 Å². The molecule has 4 N–H and O–H groups in total. The SMILES string of the molecule is CCNc1ccc2c(-c3ccc(NC(=S)NCCC[N+](C)(C)CCCCCCN=C=NCCC[N+]4(C)CCOCC4)cc3C(=O)O)c3ccc(=[N+](CC)CC)cc-3oc2c1. The first-order valence-electron chi connectivity index (χ1n) is 22.0. The summed E-state index contributed by atoms with van der Waals surface area (Å²) in [5.41, 5.74) is 4.71. The molecule has 2 aromatic carbocycles. The molecule has 0 bridgehead atoms. The number of quaternary nitrogens is 2. The first-order valence-corrected chi connectivity index (χ1v) is 22.4. The summed E-state index contributed by atoms with van der Waals surface area (Å²) in [5, 5.41) is 22.8. The lowest BCUT2D eigenvalue weighted by Crippen LogP contribution is -2.52. The number of thiocarbonyl (C=S) groups is 1. The number of hydrogen-bond donors (Lipinski definition) is 4. The van der Waals surface area contributed by atoms with Gasteiger partial charge in [0.15, 0.2) is 5.11 Å². The van der Waals surface area contributed by atoms with E-state index in [-0.39, 0.29) is 5.56 Å². The van der Waals surface area contributed by atoms with Gasteiger partial charge in [-0.05, 0) is 88.1 Å². The Morgan fingerprint density at radius 2 is 1.58 bits per heavy atom. The van der Waals surface area contributed by atoms with E-state index in [0.29, 0.717) is 27.7 Å². The van der Waals surface area contributed by atoms with E-state index in [1.54, 1.807) is 6.07 Å². The number of nitrogens with zero attached hydrogens (tertiary/aromatic N) is 5. The molecule has 0 spiro atoms. The average molecular weight is 842 g/mol. The third-order valence-corrected chi connectivity index (χ3v) is 11.9. The summed E-state index contributed by atoms with van der Waals surface area (Å²) in [6.45, 7) is 18.3. The van der Waals surface area contributed by atoms with Gasteiger partial charge in [0.2, 0.25) is 5.36 Å². The van der Waals surface area contributed by atoms with Crippen LogP contribution >= 0.6 is 12.2 Å². The van der Waals surface area contributed by atoms with E-state index in [9.17, 15) is 9.90 Å². The molecule has 13 heteroatoms. The number of morpholine rings is 1. The van der Waals surface area contributed by atoms with Crippen LogP contribution in [0, 0.1) is 0 Å². The Bertz CT molecular complexity index is 2150. The van der Waals surface area contributed by atoms with Crippen LogP contribution in [-0.4, -0.2) is 138 Å². The molecule has 2 aliphatic heterocycles. The Morgan fingerprint density at radius 1 is 0.883 bits per heavy atom. The normalized spacial score (nSPS) is 13.8. The molecular weight excluding hydrogens is 773 g/mol. The summed E-state index contributed by atoms with van der Waals surface area (Å²) in [4.78, 5) is 21.6. The predicted octanol–water partition coefficient (Wildman–Crippen LogP) is 7.50. The average Bonchev–Trinajstić information content (AvgIpc) is 3.22. The van der Waals surface area contributed by atoms with Gasteiger partial charge in [-0.25, -0.2) is 19.4 Å². The van der Waals surface area contributed by atoms with Crippen molar-refractivity contribution in [2.45, 2.75) is 59.3 Å². The molecule has 12 nitrogen and oxygen atoms in total. The van der Waals surface area contributed by atoms with Gasteiger partial charge in [-0.2, -0.15) is 0 Å². The zero-order valence-electron chi connectivity index (χ0n) is 36.9. The molecule has 0 radical (unpaired) electrons. The number of fused-ring (bicyclic) bond motifs is 2. The molecule has 1 fully saturated rings. The van der Waals surface area contributed by atoms with E-state index in [1.807, 2.05) is 36.4 Å². The smallest absolute Gasteiger partial charge is 0.336 e. The van der Waals surface area contributed by atoms with Crippen molar-refractivity contribution in [3.05, 3.63) is 65.5 Å². The molecule has 0 unspecified atom stereocenters. The molecule has 60 heavy (non-hydrogen) atoms. The third kappa shape index (κ3) is 13.4. The first-order chi connectivity index (χ1) is 29.0. The van der Waals surface area contributed by atoms with Gasteiger partial charge >= 0.3 is 5.97 Å². The summed E-state index contributed by atoms with van der Waals surface area (Å²) in [7, 11) is 6.88. The maximum Gasteiger partial charge on any atom is 0.336 e. The van der Waals surface area contributed by atoms with Gasteiger partial charge in [-0.15, -0.1) is 0 Å². The summed E-state index contributed by atoms with van der Waals surface area (Å²) in [6, 6.07) is 20.5. The number of carboxylic acid groups (broad SMARTS) is 1. The second-order valence-electron chi connectivity index (χ2n) is 16.8. The second kappa shape index (κ2) is 22.8. The van der Waals surface area contributed by atoms with Crippen LogP contribution in [-0.2, 0) is 4.74 Å². The fraction of sp³-hybridized carbons (Fsp3) is 0.532. The number of rotatable bonds is 22. The highest BCUT2D eigenvalue weighted by Crippen LogP contribution is 2.42. The standard InChI is InChI=1S/C47H66N8O4S/c1-7-50-36-16-20-40-43(33-36)59-44-34-38(53(8-2)9-3)18-21-41(44)45(40)39-19-17-37(32-42(39)46(56)57)52-47(60)51-24-15-26-54(4,5)25-13-11-10-12-22-48-35-49-23-14-27-55(6)28-30-58-31-29-55/h16-21,32-34H,7-15,22-31H2,1-6H3,(H-2,50,51,52,56,57,60)/p+3. The van der Waals surface area contributed by atoms with Crippen molar-refractivity contribution in [3.8, 4) is 22.5 Å². The van der Waals surface area contributed by atoms with Crippen molar-refractivity contribution >= 4 is 51.7 Å². The van der Waals surface area contributed by atoms with E-state index in [4.69, 9.17) is 21.4 Å². The monoisotopic (exact) mass is 842 g/mol. The van der Waals surface area contributed by atoms with Crippen molar-refractivity contribution < 1.29 is 28.0 Å². The molecule has 2 heterocycles. The minimum absolute atomic E-state index is 0.182. The Kier molecular flexibility index (Phi) is 17.6. The van der Waals surface area contributed by atoms with Crippen LogP contribution < -0.4 is 25.9 Å². The molecule has 324 valence electrons. The lowest BCUT2D eigenvalue weighted by Gasteiger charge is -2.37. The van der Waals surface area contributed by atoms with Gasteiger partial charge in [0.05, 0.1) is 78.2 Å². The van der Waals surface area contributed by atoms with Crippen LogP contribution in [0.15, 0.2) is 69.0 Å². The molecule has 5 rings (SSSR count). The first kappa shape index (κ1) is 46.4. The van der Waals surface area contributed by atoms with Gasteiger partial charge in [0, 0.05) is 72.5 Å². The number of nitrogens with one attached hydrogen (secondary N) is 3. The second-order valence-corrected chi connectivity index (χ2v) is 17.2. The van der Waals surface area contributed by atoms with Crippen molar-refractivity contribution in [1.29, 1.82) is 0 Å². The lowest BCUT2D eigenvalue weighted by atomic mass is 9.90. The van der Waals surface area contributed by atoms with E-state index in [0.717, 1.165) is 141 Å². The molecule has 2 aromatic rings. The highest BCUT2D eigenvalue weighted by Gasteiger charge is 2.25. The zero-order valence-corrected chi connectivity index (χ0v) is 37.8. The number of aliphatic imine (C=N–C) groups is 2. The summed E-state index contributed by atoms with van der Waals surface area (Å²) < 4.78 is 16.3. The quantitative estimate of drug-likeness (QED) is 0.0160. The molecule has 0 atom stereocenters. The van der Waals surface area contributed by atoms with Gasteiger partial charge in [0.25, 0.3) is 0 Å². The van der Waals surface area contributed by atoms with Gasteiger partial charge in [-0.3, -0.25) is 0 Å². The molecule has 0 aromatic heterocycles. The highest BCUT2D eigenvalue weighted by molar-refractivity contribution is 7.80. The van der Waals surface area contributed by atoms with Gasteiger partial charge < -0.3 is 39.2 Å². The number of hydrogen-bond acceptors (Lipinski definition) is 7. The Labute approximate surface area is 362 Å². The lowest BCUT2D eigenvalue weighted by molar-refractivity contribution is -0.916. The maximum absolute atomic E-state index is 12.9. The largest absolute Gasteiger partial charge is 0.478 e. The zero-order chi connectivity index (χ0) is 43.0. The molecule has 1 saturated heterocycles. The van der Waals surface area contributed by atoms with E-state index in [2.05, 4.69) is 90.6 Å². The van der Waals surface area contributed by atoms with Crippen LogP contribution in [0.1, 0.15) is 69.7 Å². The topological polar surface area (TPSA) is 123 Å². The number of carboxylic acids is 1. The van der Waals surface area contributed by atoms with Crippen LogP contribution in [0.2, 0.25) is 0 Å².